The summed E-state index contributed by atoms with van der Waals surface area (Å²) in [6, 6.07) is 8.21. The minimum atomic E-state index is -4.38. The van der Waals surface area contributed by atoms with E-state index in [1.165, 1.54) is 57.4 Å². The van der Waals surface area contributed by atoms with Crippen LogP contribution in [0.2, 0.25) is 0 Å². The first-order valence-electron chi connectivity index (χ1n) is 14.8. The van der Waals surface area contributed by atoms with Gasteiger partial charge in [0.2, 0.25) is 5.75 Å². The van der Waals surface area contributed by atoms with Crippen LogP contribution in [0, 0.1) is 29.3 Å². The number of halogens is 8. The summed E-state index contributed by atoms with van der Waals surface area (Å²) in [4.78, 5) is 0. The maximum absolute atomic E-state index is 14.9. The van der Waals surface area contributed by atoms with Crippen LogP contribution < -0.4 is 9.47 Å². The van der Waals surface area contributed by atoms with Gasteiger partial charge in [0.1, 0.15) is 11.6 Å². The summed E-state index contributed by atoms with van der Waals surface area (Å²) in [5.74, 6) is -6.04. The highest BCUT2D eigenvalue weighted by atomic mass is 19.3. The summed E-state index contributed by atoms with van der Waals surface area (Å²) in [6.45, 7) is 2.23. The zero-order valence-electron chi connectivity index (χ0n) is 24.3. The summed E-state index contributed by atoms with van der Waals surface area (Å²) in [6.07, 6.45) is 5.03. The number of ether oxygens (including phenoxy) is 2. The van der Waals surface area contributed by atoms with Crippen LogP contribution in [0.15, 0.2) is 66.7 Å². The third-order valence-electron chi connectivity index (χ3n) is 8.15. The van der Waals surface area contributed by atoms with Gasteiger partial charge in [0.05, 0.1) is 5.56 Å². The van der Waals surface area contributed by atoms with E-state index in [1.807, 2.05) is 12.1 Å². The Kier molecular flexibility index (Phi) is 11.3. The van der Waals surface area contributed by atoms with Crippen LogP contribution in [0.1, 0.15) is 75.8 Å². The molecule has 10 heteroatoms. The van der Waals surface area contributed by atoms with Gasteiger partial charge in [0, 0.05) is 12.1 Å². The monoisotopic (exact) mass is 626 g/mol. The Balaban J connectivity index is 1.35. The van der Waals surface area contributed by atoms with E-state index in [1.54, 1.807) is 12.1 Å². The molecule has 44 heavy (non-hydrogen) atoms. The average Bonchev–Trinajstić information content (AvgIpc) is 2.98. The first-order chi connectivity index (χ1) is 21.0. The van der Waals surface area contributed by atoms with Gasteiger partial charge in [-0.2, -0.15) is 22.0 Å². The molecule has 0 heterocycles. The minimum Gasteiger partial charge on any atom is -0.429 e. The standard InChI is InChI=1S/C34H34F8O2/c1-2-3-4-5-21-6-8-22(9-7-21)10-11-23-12-14-24(15-13-23)25-16-17-27(28(35)18-25)34(41,42)44-26-19-29(36)31(30(37)20-26)43-33(40)32(38)39/h12-22H,2-11H2,1H3. The van der Waals surface area contributed by atoms with Crippen molar-refractivity contribution in [1.29, 1.82) is 0 Å². The van der Waals surface area contributed by atoms with Crippen molar-refractivity contribution >= 4 is 0 Å². The van der Waals surface area contributed by atoms with E-state index >= 15 is 0 Å². The number of hydrogen-bond donors (Lipinski definition) is 0. The molecule has 1 aliphatic rings. The molecule has 0 atom stereocenters. The van der Waals surface area contributed by atoms with E-state index in [0.29, 0.717) is 17.0 Å². The van der Waals surface area contributed by atoms with Crippen LogP contribution in [-0.2, 0) is 12.5 Å². The van der Waals surface area contributed by atoms with Gasteiger partial charge >= 0.3 is 18.2 Å². The van der Waals surface area contributed by atoms with E-state index in [9.17, 15) is 35.1 Å². The maximum atomic E-state index is 14.9. The fraction of sp³-hybridized carbons (Fsp3) is 0.412. The van der Waals surface area contributed by atoms with E-state index in [4.69, 9.17) is 0 Å². The fourth-order valence-corrected chi connectivity index (χ4v) is 5.68. The van der Waals surface area contributed by atoms with Gasteiger partial charge in [-0.1, -0.05) is 88.6 Å². The lowest BCUT2D eigenvalue weighted by molar-refractivity contribution is -0.187. The number of aryl methyl sites for hydroxylation is 1. The van der Waals surface area contributed by atoms with Crippen LogP contribution in [-0.4, -0.2) is 0 Å². The lowest BCUT2D eigenvalue weighted by Gasteiger charge is -2.28. The number of benzene rings is 3. The van der Waals surface area contributed by atoms with Crippen molar-refractivity contribution in [2.45, 2.75) is 77.2 Å². The number of hydrogen-bond acceptors (Lipinski definition) is 2. The van der Waals surface area contributed by atoms with Gasteiger partial charge in [-0.25, -0.2) is 13.2 Å². The van der Waals surface area contributed by atoms with Crippen LogP contribution in [0.3, 0.4) is 0 Å². The van der Waals surface area contributed by atoms with Crippen molar-refractivity contribution in [1.82, 2.24) is 0 Å². The summed E-state index contributed by atoms with van der Waals surface area (Å²) >= 11 is 0. The summed E-state index contributed by atoms with van der Waals surface area (Å²) in [7, 11) is 0. The van der Waals surface area contributed by atoms with Crippen molar-refractivity contribution in [2.75, 3.05) is 0 Å². The lowest BCUT2D eigenvalue weighted by atomic mass is 9.78. The second-order valence-electron chi connectivity index (χ2n) is 11.3. The maximum Gasteiger partial charge on any atom is 0.429 e. The Labute approximate surface area is 251 Å². The van der Waals surface area contributed by atoms with Crippen LogP contribution >= 0.6 is 0 Å². The van der Waals surface area contributed by atoms with E-state index in [2.05, 4.69) is 16.4 Å². The van der Waals surface area contributed by atoms with E-state index < -0.39 is 52.7 Å². The topological polar surface area (TPSA) is 18.5 Å². The Morgan fingerprint density at radius 2 is 1.34 bits per heavy atom. The van der Waals surface area contributed by atoms with Gasteiger partial charge < -0.3 is 9.47 Å². The molecule has 2 nitrogen and oxygen atoms in total. The first-order valence-corrected chi connectivity index (χ1v) is 14.8. The third kappa shape index (κ3) is 8.76. The Morgan fingerprint density at radius 3 is 1.91 bits per heavy atom. The van der Waals surface area contributed by atoms with Gasteiger partial charge in [-0.3, -0.25) is 0 Å². The highest BCUT2D eigenvalue weighted by molar-refractivity contribution is 5.64. The molecule has 0 N–H and O–H groups in total. The van der Waals surface area contributed by atoms with Crippen LogP contribution in [0.4, 0.5) is 35.1 Å². The Morgan fingerprint density at radius 1 is 0.750 bits per heavy atom. The molecule has 0 radical (unpaired) electrons. The molecule has 0 saturated heterocycles. The van der Waals surface area contributed by atoms with Gasteiger partial charge in [-0.05, 0) is 53.5 Å². The molecule has 0 unspecified atom stereocenters. The average molecular weight is 627 g/mol. The fourth-order valence-electron chi connectivity index (χ4n) is 5.68. The van der Waals surface area contributed by atoms with Gasteiger partial charge in [-0.15, -0.1) is 0 Å². The molecule has 1 aliphatic carbocycles. The SMILES string of the molecule is CCCCCC1CCC(CCc2ccc(-c3ccc(C(F)(F)Oc4cc(F)c(OC(F)=C(F)F)c(F)c4)c(F)c3)cc2)CC1. The molecule has 1 fully saturated rings. The van der Waals surface area contributed by atoms with E-state index in [-0.39, 0.29) is 12.1 Å². The van der Waals surface area contributed by atoms with Gasteiger partial charge in [0.15, 0.2) is 11.6 Å². The molecule has 4 rings (SSSR count). The van der Waals surface area contributed by atoms with Gasteiger partial charge in [0.25, 0.3) is 0 Å². The molecular weight excluding hydrogens is 592 g/mol. The van der Waals surface area contributed by atoms with Crippen molar-refractivity contribution in [3.8, 4) is 22.6 Å². The Bertz CT molecular complexity index is 1400. The summed E-state index contributed by atoms with van der Waals surface area (Å²) in [5.41, 5.74) is 0.887. The smallest absolute Gasteiger partial charge is 0.429 e. The highest BCUT2D eigenvalue weighted by Crippen LogP contribution is 2.38. The summed E-state index contributed by atoms with van der Waals surface area (Å²) in [5, 5.41) is 0. The zero-order valence-corrected chi connectivity index (χ0v) is 24.3. The van der Waals surface area contributed by atoms with Crippen LogP contribution in [0.5, 0.6) is 11.5 Å². The second kappa shape index (κ2) is 14.9. The molecule has 0 amide bonds. The minimum absolute atomic E-state index is 0.170. The Hall–Kier alpha value is -3.56. The molecular formula is C34H34F8O2. The molecule has 0 aliphatic heterocycles. The zero-order chi connectivity index (χ0) is 31.9. The molecule has 0 spiro atoms. The van der Waals surface area contributed by atoms with Crippen molar-refractivity contribution < 1.29 is 44.6 Å². The molecule has 0 bridgehead atoms. The molecule has 1 saturated carbocycles. The highest BCUT2D eigenvalue weighted by Gasteiger charge is 2.38. The van der Waals surface area contributed by atoms with Crippen molar-refractivity contribution in [3.63, 3.8) is 0 Å². The number of unbranched alkanes of at least 4 members (excludes halogenated alkanes) is 2. The van der Waals surface area contributed by atoms with Crippen LogP contribution in [0.25, 0.3) is 11.1 Å². The second-order valence-corrected chi connectivity index (χ2v) is 11.3. The van der Waals surface area contributed by atoms with Crippen molar-refractivity contribution in [2.24, 2.45) is 11.8 Å². The number of alkyl halides is 2. The third-order valence-corrected chi connectivity index (χ3v) is 8.15. The van der Waals surface area contributed by atoms with Crippen molar-refractivity contribution in [3.05, 3.63) is 95.3 Å². The molecule has 3 aromatic carbocycles. The molecule has 238 valence electrons. The predicted octanol–water partition coefficient (Wildman–Crippen LogP) is 11.6. The lowest BCUT2D eigenvalue weighted by Crippen LogP contribution is -2.23. The quantitative estimate of drug-likeness (QED) is 0.107. The molecule has 3 aromatic rings. The molecule has 0 aromatic heterocycles. The predicted molar refractivity (Wildman–Crippen MR) is 152 cm³/mol. The number of rotatable bonds is 13. The normalized spacial score (nSPS) is 16.9. The van der Waals surface area contributed by atoms with E-state index in [0.717, 1.165) is 36.5 Å². The largest absolute Gasteiger partial charge is 0.429 e. The summed E-state index contributed by atoms with van der Waals surface area (Å²) < 4.78 is 118. The first kappa shape index (κ1) is 33.3.